The molecule has 1 aromatic heterocycles. The van der Waals surface area contributed by atoms with Gasteiger partial charge in [0.2, 0.25) is 0 Å². The number of amides is 1. The molecule has 0 saturated carbocycles. The van der Waals surface area contributed by atoms with Gasteiger partial charge in [-0.3, -0.25) is 5.32 Å². The fraction of sp³-hybridized carbons (Fsp3) is 0.462. The normalized spacial score (nSPS) is 14.4. The van der Waals surface area contributed by atoms with E-state index in [1.54, 1.807) is 0 Å². The molecule has 2 rings (SSSR count). The number of para-hydroxylation sites is 1. The molecule has 150 valence electrons. The summed E-state index contributed by atoms with van der Waals surface area (Å²) in [5, 5.41) is 7.72. The first-order valence-corrected chi connectivity index (χ1v) is 6.94. The molecule has 0 aliphatic carbocycles. The van der Waals surface area contributed by atoms with Crippen LogP contribution in [0.2, 0.25) is 0 Å². The van der Waals surface area contributed by atoms with Gasteiger partial charge in [-0.25, -0.2) is 18.3 Å². The number of halogens is 8. The van der Waals surface area contributed by atoms with Gasteiger partial charge in [0.15, 0.2) is 6.17 Å². The van der Waals surface area contributed by atoms with E-state index in [2.05, 4.69) is 15.0 Å². The molecule has 0 aliphatic heterocycles. The van der Waals surface area contributed by atoms with Crippen molar-refractivity contribution in [1.82, 2.24) is 20.3 Å². The number of benzene rings is 1. The molecule has 1 N–H and O–H groups in total. The molecule has 2 aromatic rings. The van der Waals surface area contributed by atoms with Crippen LogP contribution >= 0.6 is 0 Å². The molecule has 0 saturated heterocycles. The van der Waals surface area contributed by atoms with Gasteiger partial charge in [-0.05, 0) is 12.1 Å². The van der Waals surface area contributed by atoms with Gasteiger partial charge in [0.25, 0.3) is 0 Å². The van der Waals surface area contributed by atoms with Crippen LogP contribution in [-0.2, 0) is 4.74 Å². The molecule has 27 heavy (non-hydrogen) atoms. The largest absolute Gasteiger partial charge is 0.453 e. The second kappa shape index (κ2) is 6.81. The number of ether oxygens (including phenoxy) is 1. The fourth-order valence-corrected chi connectivity index (χ4v) is 2.08. The summed E-state index contributed by atoms with van der Waals surface area (Å²) in [6, 6.07) is 4.90. The lowest BCUT2D eigenvalue weighted by atomic mass is 10.0. The SMILES string of the molecule is COC(=O)NC(n1nnc2ccccc21)C(F)(F)C(F)(F)C(F)(F)C(F)F. The predicted octanol–water partition coefficient (Wildman–Crippen LogP) is 3.46. The van der Waals surface area contributed by atoms with Crippen LogP contribution in [-0.4, -0.2) is 52.4 Å². The van der Waals surface area contributed by atoms with Crippen LogP contribution in [0.4, 0.5) is 39.9 Å². The van der Waals surface area contributed by atoms with Crippen LogP contribution in [0, 0.1) is 0 Å². The highest BCUT2D eigenvalue weighted by molar-refractivity contribution is 5.74. The molecule has 6 nitrogen and oxygen atoms in total. The Kier molecular flexibility index (Phi) is 5.21. The molecule has 1 amide bonds. The number of carbonyl (C=O) groups is 1. The Morgan fingerprint density at radius 2 is 1.70 bits per heavy atom. The maximum absolute atomic E-state index is 14.4. The second-order valence-corrected chi connectivity index (χ2v) is 5.18. The van der Waals surface area contributed by atoms with Gasteiger partial charge >= 0.3 is 30.3 Å². The molecule has 1 heterocycles. The minimum absolute atomic E-state index is 0.00170. The maximum atomic E-state index is 14.4. The molecule has 0 fully saturated rings. The third-order valence-electron chi connectivity index (χ3n) is 3.52. The topological polar surface area (TPSA) is 69.0 Å². The number of rotatable bonds is 6. The van der Waals surface area contributed by atoms with E-state index in [0.29, 0.717) is 7.11 Å². The van der Waals surface area contributed by atoms with Gasteiger partial charge in [-0.2, -0.15) is 26.3 Å². The van der Waals surface area contributed by atoms with E-state index in [0.717, 1.165) is 6.07 Å². The van der Waals surface area contributed by atoms with Gasteiger partial charge in [0.1, 0.15) is 5.52 Å². The number of nitrogens with zero attached hydrogens (tertiary/aromatic N) is 3. The number of alkyl carbamates (subject to hydrolysis) is 1. The summed E-state index contributed by atoms with van der Waals surface area (Å²) in [6.45, 7) is 0. The van der Waals surface area contributed by atoms with Crippen molar-refractivity contribution >= 4 is 17.1 Å². The average molecular weight is 406 g/mol. The summed E-state index contributed by atoms with van der Waals surface area (Å²) in [6.07, 6.45) is -10.2. The van der Waals surface area contributed by atoms with Gasteiger partial charge in [-0.1, -0.05) is 17.3 Å². The number of carbonyl (C=O) groups excluding carboxylic acids is 1. The number of alkyl halides is 8. The van der Waals surface area contributed by atoms with E-state index in [9.17, 15) is 39.9 Å². The highest BCUT2D eigenvalue weighted by Crippen LogP contribution is 2.52. The Morgan fingerprint density at radius 3 is 2.26 bits per heavy atom. The van der Waals surface area contributed by atoms with E-state index in [1.165, 1.54) is 23.5 Å². The molecular weight excluding hydrogens is 396 g/mol. The summed E-state index contributed by atoms with van der Waals surface area (Å²) < 4.78 is 111. The highest BCUT2D eigenvalue weighted by atomic mass is 19.4. The molecule has 0 bridgehead atoms. The van der Waals surface area contributed by atoms with E-state index in [1.807, 2.05) is 0 Å². The monoisotopic (exact) mass is 406 g/mol. The average Bonchev–Trinajstić information content (AvgIpc) is 3.02. The molecule has 1 unspecified atom stereocenters. The summed E-state index contributed by atoms with van der Waals surface area (Å²) in [4.78, 5) is 11.3. The number of nitrogens with one attached hydrogen (secondary N) is 1. The fourth-order valence-electron chi connectivity index (χ4n) is 2.08. The number of aromatic nitrogens is 3. The van der Waals surface area contributed by atoms with Crippen molar-refractivity contribution < 1.29 is 44.7 Å². The summed E-state index contributed by atoms with van der Waals surface area (Å²) in [7, 11) is 0.676. The van der Waals surface area contributed by atoms with Crippen molar-refractivity contribution in [3.63, 3.8) is 0 Å². The first-order valence-electron chi connectivity index (χ1n) is 6.94. The standard InChI is InChI=1S/C13H10F8N4O2/c1-27-10(26)22-9(25-7-5-3-2-4-6(7)23-24-25)12(18,19)13(20,21)11(16,17)8(14)15/h2-5,8-9H,1H3,(H,22,26). The maximum Gasteiger partial charge on any atom is 0.408 e. The van der Waals surface area contributed by atoms with Crippen LogP contribution < -0.4 is 5.32 Å². The number of hydrogen-bond acceptors (Lipinski definition) is 4. The molecule has 0 radical (unpaired) electrons. The Labute approximate surface area is 145 Å². The van der Waals surface area contributed by atoms with Crippen molar-refractivity contribution in [2.75, 3.05) is 7.11 Å². The van der Waals surface area contributed by atoms with Crippen LogP contribution in [0.5, 0.6) is 0 Å². The Bertz CT molecular complexity index is 826. The number of fused-ring (bicyclic) bond motifs is 1. The Balaban J connectivity index is 2.64. The Hall–Kier alpha value is -2.67. The molecule has 1 atom stereocenters. The predicted molar refractivity (Wildman–Crippen MR) is 73.0 cm³/mol. The molecular formula is C13H10F8N4O2. The van der Waals surface area contributed by atoms with Gasteiger partial charge in [-0.15, -0.1) is 5.10 Å². The van der Waals surface area contributed by atoms with Crippen LogP contribution in [0.25, 0.3) is 11.0 Å². The number of methoxy groups -OCH3 is 1. The molecule has 14 heteroatoms. The summed E-state index contributed by atoms with van der Waals surface area (Å²) in [5.41, 5.74) is -0.483. The third kappa shape index (κ3) is 3.23. The van der Waals surface area contributed by atoms with E-state index < -0.39 is 36.5 Å². The van der Waals surface area contributed by atoms with Crippen LogP contribution in [0.1, 0.15) is 6.17 Å². The summed E-state index contributed by atoms with van der Waals surface area (Å²) >= 11 is 0. The lowest BCUT2D eigenvalue weighted by Gasteiger charge is -2.36. The van der Waals surface area contributed by atoms with Crippen molar-refractivity contribution in [3.05, 3.63) is 24.3 Å². The van der Waals surface area contributed by atoms with Gasteiger partial charge in [0, 0.05) is 0 Å². The minimum atomic E-state index is -6.58. The smallest absolute Gasteiger partial charge is 0.408 e. The number of hydrogen-bond donors (Lipinski definition) is 1. The van der Waals surface area contributed by atoms with Crippen molar-refractivity contribution in [2.45, 2.75) is 30.4 Å². The zero-order valence-electron chi connectivity index (χ0n) is 13.1. The Morgan fingerprint density at radius 1 is 1.11 bits per heavy atom. The first kappa shape index (κ1) is 20.6. The quantitative estimate of drug-likeness (QED) is 0.747. The zero-order chi connectivity index (χ0) is 20.6. The first-order chi connectivity index (χ1) is 12.4. The summed E-state index contributed by atoms with van der Waals surface area (Å²) in [5.74, 6) is -18.9. The van der Waals surface area contributed by atoms with E-state index in [-0.39, 0.29) is 15.7 Å². The van der Waals surface area contributed by atoms with Crippen LogP contribution in [0.3, 0.4) is 0 Å². The lowest BCUT2D eigenvalue weighted by Crippen LogP contribution is -2.63. The van der Waals surface area contributed by atoms with Crippen molar-refractivity contribution in [2.24, 2.45) is 0 Å². The van der Waals surface area contributed by atoms with Crippen molar-refractivity contribution in [1.29, 1.82) is 0 Å². The van der Waals surface area contributed by atoms with Gasteiger partial charge < -0.3 is 4.74 Å². The van der Waals surface area contributed by atoms with Crippen LogP contribution in [0.15, 0.2) is 24.3 Å². The highest BCUT2D eigenvalue weighted by Gasteiger charge is 2.78. The van der Waals surface area contributed by atoms with Crippen molar-refractivity contribution in [3.8, 4) is 0 Å². The molecule has 0 spiro atoms. The van der Waals surface area contributed by atoms with E-state index in [4.69, 9.17) is 0 Å². The van der Waals surface area contributed by atoms with Gasteiger partial charge in [0.05, 0.1) is 12.6 Å². The minimum Gasteiger partial charge on any atom is -0.453 e. The second-order valence-electron chi connectivity index (χ2n) is 5.18. The zero-order valence-corrected chi connectivity index (χ0v) is 13.1. The van der Waals surface area contributed by atoms with E-state index >= 15 is 0 Å². The lowest BCUT2D eigenvalue weighted by molar-refractivity contribution is -0.349. The third-order valence-corrected chi connectivity index (χ3v) is 3.52. The molecule has 1 aromatic carbocycles. The molecule has 0 aliphatic rings.